The quantitative estimate of drug-likeness (QED) is 0.346. The predicted octanol–water partition coefficient (Wildman–Crippen LogP) is 6.93. The van der Waals surface area contributed by atoms with Crippen LogP contribution in [0, 0.1) is 0 Å². The first kappa shape index (κ1) is 15.3. The lowest BCUT2D eigenvalue weighted by molar-refractivity contribution is 1.13. The molecule has 0 aliphatic rings. The van der Waals surface area contributed by atoms with Crippen LogP contribution in [0.2, 0.25) is 0 Å². The van der Waals surface area contributed by atoms with E-state index in [9.17, 15) is 0 Å². The molecule has 0 fully saturated rings. The van der Waals surface area contributed by atoms with Crippen LogP contribution in [0.25, 0.3) is 49.5 Å². The van der Waals surface area contributed by atoms with Gasteiger partial charge in [-0.15, -0.1) is 0 Å². The Morgan fingerprint density at radius 3 is 2.18 bits per heavy atom. The highest BCUT2D eigenvalue weighted by molar-refractivity contribution is 6.21. The number of hydrogen-bond donors (Lipinski definition) is 1. The highest BCUT2D eigenvalue weighted by Crippen LogP contribution is 2.41. The summed E-state index contributed by atoms with van der Waals surface area (Å²) in [5.74, 6) is 0. The van der Waals surface area contributed by atoms with Gasteiger partial charge in [0.2, 0.25) is 0 Å². The van der Waals surface area contributed by atoms with E-state index >= 15 is 0 Å². The van der Waals surface area contributed by atoms with Gasteiger partial charge in [-0.25, -0.2) is 0 Å². The van der Waals surface area contributed by atoms with Crippen LogP contribution < -0.4 is 0 Å². The molecule has 0 aliphatic carbocycles. The number of hydrogen-bond acceptors (Lipinski definition) is 0. The molecular formula is C26H18N2. The highest BCUT2D eigenvalue weighted by atomic mass is 15.0. The Morgan fingerprint density at radius 1 is 0.643 bits per heavy atom. The van der Waals surface area contributed by atoms with Crippen LogP contribution in [0.4, 0.5) is 0 Å². The highest BCUT2D eigenvalue weighted by Gasteiger charge is 2.17. The molecule has 0 amide bonds. The standard InChI is InChI=1S/C26H18N2/c1-3-9-18(10-4-1)24-25-21-13-7-8-14-22(21)27-23(25)17-19-15-16-28(26(19)24)20-11-5-2-6-12-20/h1-17,27H. The number of nitrogens with one attached hydrogen (secondary N) is 1. The molecule has 0 saturated heterocycles. The molecular weight excluding hydrogens is 340 g/mol. The molecule has 2 aromatic heterocycles. The van der Waals surface area contributed by atoms with E-state index in [0.717, 1.165) is 0 Å². The summed E-state index contributed by atoms with van der Waals surface area (Å²) in [7, 11) is 0. The topological polar surface area (TPSA) is 20.7 Å². The van der Waals surface area contributed by atoms with E-state index in [1.54, 1.807) is 0 Å². The predicted molar refractivity (Wildman–Crippen MR) is 118 cm³/mol. The minimum absolute atomic E-state index is 1.17. The van der Waals surface area contributed by atoms with Gasteiger partial charge in [-0.1, -0.05) is 66.7 Å². The molecule has 6 aromatic rings. The summed E-state index contributed by atoms with van der Waals surface area (Å²) in [6.45, 7) is 0. The van der Waals surface area contributed by atoms with Crippen LogP contribution in [0.5, 0.6) is 0 Å². The summed E-state index contributed by atoms with van der Waals surface area (Å²) in [6, 6.07) is 34.3. The van der Waals surface area contributed by atoms with Crippen molar-refractivity contribution in [2.24, 2.45) is 0 Å². The lowest BCUT2D eigenvalue weighted by Crippen LogP contribution is -1.94. The van der Waals surface area contributed by atoms with Crippen molar-refractivity contribution >= 4 is 32.7 Å². The zero-order valence-corrected chi connectivity index (χ0v) is 15.3. The van der Waals surface area contributed by atoms with E-state index in [1.165, 1.54) is 49.5 Å². The average Bonchev–Trinajstić information content (AvgIpc) is 3.34. The van der Waals surface area contributed by atoms with Crippen molar-refractivity contribution in [3.63, 3.8) is 0 Å². The lowest BCUT2D eigenvalue weighted by Gasteiger charge is -2.12. The molecule has 0 spiro atoms. The Hall–Kier alpha value is -3.78. The Labute approximate surface area is 162 Å². The van der Waals surface area contributed by atoms with Gasteiger partial charge in [0.05, 0.1) is 5.52 Å². The summed E-state index contributed by atoms with van der Waals surface area (Å²) < 4.78 is 2.30. The minimum Gasteiger partial charge on any atom is -0.354 e. The Balaban J connectivity index is 1.85. The molecule has 0 unspecified atom stereocenters. The summed E-state index contributed by atoms with van der Waals surface area (Å²) in [4.78, 5) is 3.62. The van der Waals surface area contributed by atoms with Crippen LogP contribution >= 0.6 is 0 Å². The zero-order chi connectivity index (χ0) is 18.5. The van der Waals surface area contributed by atoms with Crippen molar-refractivity contribution in [1.29, 1.82) is 0 Å². The van der Waals surface area contributed by atoms with Crippen molar-refractivity contribution in [3.8, 4) is 16.8 Å². The number of H-pyrrole nitrogens is 1. The maximum Gasteiger partial charge on any atom is 0.0614 e. The Kier molecular flexibility index (Phi) is 3.20. The summed E-state index contributed by atoms with van der Waals surface area (Å²) in [5.41, 5.74) is 7.29. The van der Waals surface area contributed by atoms with Crippen molar-refractivity contribution < 1.29 is 0 Å². The molecule has 0 aliphatic heterocycles. The summed E-state index contributed by atoms with van der Waals surface area (Å²) >= 11 is 0. The van der Waals surface area contributed by atoms with Crippen LogP contribution in [-0.2, 0) is 0 Å². The van der Waals surface area contributed by atoms with Crippen molar-refractivity contribution in [1.82, 2.24) is 9.55 Å². The van der Waals surface area contributed by atoms with Gasteiger partial charge in [0.1, 0.15) is 0 Å². The second kappa shape index (κ2) is 5.86. The number of aromatic nitrogens is 2. The Bertz CT molecular complexity index is 1440. The molecule has 0 radical (unpaired) electrons. The molecule has 4 aromatic carbocycles. The molecule has 2 nitrogen and oxygen atoms in total. The number of para-hydroxylation sites is 2. The van der Waals surface area contributed by atoms with Gasteiger partial charge < -0.3 is 9.55 Å². The van der Waals surface area contributed by atoms with Gasteiger partial charge in [0.15, 0.2) is 0 Å². The average molecular weight is 358 g/mol. The Morgan fingerprint density at radius 2 is 1.36 bits per heavy atom. The molecule has 2 heteroatoms. The number of nitrogens with zero attached hydrogens (tertiary/aromatic N) is 1. The number of aromatic amines is 1. The molecule has 6 rings (SSSR count). The molecule has 0 atom stereocenters. The largest absolute Gasteiger partial charge is 0.354 e. The fourth-order valence-electron chi connectivity index (χ4n) is 4.33. The van der Waals surface area contributed by atoms with Gasteiger partial charge in [-0.3, -0.25) is 0 Å². The third-order valence-corrected chi connectivity index (χ3v) is 5.54. The molecule has 0 saturated carbocycles. The first-order valence-electron chi connectivity index (χ1n) is 9.55. The van der Waals surface area contributed by atoms with Crippen LogP contribution in [0.1, 0.15) is 0 Å². The van der Waals surface area contributed by atoms with E-state index in [2.05, 4.69) is 113 Å². The van der Waals surface area contributed by atoms with Gasteiger partial charge in [-0.05, 0) is 35.9 Å². The van der Waals surface area contributed by atoms with Gasteiger partial charge >= 0.3 is 0 Å². The third-order valence-electron chi connectivity index (χ3n) is 5.54. The van der Waals surface area contributed by atoms with E-state index < -0.39 is 0 Å². The fraction of sp³-hybridized carbons (Fsp3) is 0. The molecule has 0 bridgehead atoms. The normalized spacial score (nSPS) is 11.6. The smallest absolute Gasteiger partial charge is 0.0614 e. The molecule has 28 heavy (non-hydrogen) atoms. The van der Waals surface area contributed by atoms with Crippen molar-refractivity contribution in [2.45, 2.75) is 0 Å². The van der Waals surface area contributed by atoms with Crippen LogP contribution in [0.15, 0.2) is 103 Å². The van der Waals surface area contributed by atoms with Crippen molar-refractivity contribution in [3.05, 3.63) is 103 Å². The van der Waals surface area contributed by atoms with Crippen LogP contribution in [0.3, 0.4) is 0 Å². The number of benzene rings is 4. The van der Waals surface area contributed by atoms with E-state index in [4.69, 9.17) is 0 Å². The number of fused-ring (bicyclic) bond motifs is 4. The van der Waals surface area contributed by atoms with Gasteiger partial charge in [-0.2, -0.15) is 0 Å². The SMILES string of the molecule is c1ccc(-c2c3c(cc4ccn(-c5ccccc5)c24)[nH]c2ccccc23)cc1. The van der Waals surface area contributed by atoms with E-state index in [-0.39, 0.29) is 0 Å². The third kappa shape index (κ3) is 2.15. The first-order chi connectivity index (χ1) is 13.9. The van der Waals surface area contributed by atoms with Gasteiger partial charge in [0, 0.05) is 44.6 Å². The molecule has 132 valence electrons. The maximum atomic E-state index is 3.62. The summed E-state index contributed by atoms with van der Waals surface area (Å²) in [5, 5.41) is 3.78. The van der Waals surface area contributed by atoms with Crippen molar-refractivity contribution in [2.75, 3.05) is 0 Å². The monoisotopic (exact) mass is 358 g/mol. The number of rotatable bonds is 2. The second-order valence-electron chi connectivity index (χ2n) is 7.17. The summed E-state index contributed by atoms with van der Waals surface area (Å²) in [6.07, 6.45) is 2.17. The lowest BCUT2D eigenvalue weighted by atomic mass is 9.96. The zero-order valence-electron chi connectivity index (χ0n) is 15.3. The first-order valence-corrected chi connectivity index (χ1v) is 9.55. The van der Waals surface area contributed by atoms with E-state index in [1.807, 2.05) is 0 Å². The van der Waals surface area contributed by atoms with Crippen LogP contribution in [-0.4, -0.2) is 9.55 Å². The fourth-order valence-corrected chi connectivity index (χ4v) is 4.33. The van der Waals surface area contributed by atoms with E-state index in [0.29, 0.717) is 0 Å². The molecule has 2 heterocycles. The molecule has 1 N–H and O–H groups in total. The minimum atomic E-state index is 1.17. The van der Waals surface area contributed by atoms with Gasteiger partial charge in [0.25, 0.3) is 0 Å². The maximum absolute atomic E-state index is 3.62. The second-order valence-corrected chi connectivity index (χ2v) is 7.17.